The van der Waals surface area contributed by atoms with Crippen molar-refractivity contribution in [3.05, 3.63) is 71.4 Å². The van der Waals surface area contributed by atoms with Gasteiger partial charge in [-0.2, -0.15) is 0 Å². The molecule has 34 heavy (non-hydrogen) atoms. The second-order valence-electron chi connectivity index (χ2n) is 10.00. The molecule has 1 aromatic carbocycles. The lowest BCUT2D eigenvalue weighted by molar-refractivity contribution is 0.0716. The number of nitrogens with two attached hydrogens (primary N) is 1. The van der Waals surface area contributed by atoms with Gasteiger partial charge in [-0.3, -0.25) is 9.78 Å². The maximum absolute atomic E-state index is 13.4. The van der Waals surface area contributed by atoms with Gasteiger partial charge in [0, 0.05) is 67.0 Å². The van der Waals surface area contributed by atoms with Gasteiger partial charge in [-0.15, -0.1) is 0 Å². The SMILES string of the molecule is CCC1(c2ccc(C(=O)N3C[C@@H]4CC3CN4)cc2Cc2ncc(-c3cc(N)ccn3)cn2)CC1. The highest BCUT2D eigenvalue weighted by atomic mass is 16.2. The predicted molar refractivity (Wildman–Crippen MR) is 131 cm³/mol. The number of benzene rings is 1. The van der Waals surface area contributed by atoms with E-state index in [2.05, 4.69) is 44.2 Å². The van der Waals surface area contributed by atoms with Crippen LogP contribution < -0.4 is 11.1 Å². The molecule has 2 bridgehead atoms. The predicted octanol–water partition coefficient (Wildman–Crippen LogP) is 3.34. The highest BCUT2D eigenvalue weighted by molar-refractivity contribution is 5.95. The van der Waals surface area contributed by atoms with Crippen molar-refractivity contribution in [2.24, 2.45) is 0 Å². The summed E-state index contributed by atoms with van der Waals surface area (Å²) in [6.45, 7) is 3.97. The van der Waals surface area contributed by atoms with E-state index in [-0.39, 0.29) is 11.3 Å². The average Bonchev–Trinajstić information content (AvgIpc) is 3.36. The normalized spacial score (nSPS) is 22.2. The molecule has 1 aliphatic carbocycles. The van der Waals surface area contributed by atoms with Gasteiger partial charge in [0.15, 0.2) is 0 Å². The Bertz CT molecular complexity index is 1240. The van der Waals surface area contributed by atoms with Crippen molar-refractivity contribution >= 4 is 11.6 Å². The van der Waals surface area contributed by atoms with Crippen LogP contribution in [0.2, 0.25) is 0 Å². The van der Waals surface area contributed by atoms with Gasteiger partial charge >= 0.3 is 0 Å². The fraction of sp³-hybridized carbons (Fsp3) is 0.407. The number of amides is 1. The Hall–Kier alpha value is -3.32. The smallest absolute Gasteiger partial charge is 0.254 e. The number of anilines is 1. The number of nitrogen functional groups attached to an aromatic ring is 1. The number of carbonyl (C=O) groups excluding carboxylic acids is 1. The van der Waals surface area contributed by atoms with Crippen molar-refractivity contribution in [1.29, 1.82) is 0 Å². The summed E-state index contributed by atoms with van der Waals surface area (Å²) in [6, 6.07) is 10.7. The zero-order valence-corrected chi connectivity index (χ0v) is 19.5. The molecule has 2 saturated heterocycles. The first-order valence-corrected chi connectivity index (χ1v) is 12.3. The van der Waals surface area contributed by atoms with Crippen molar-refractivity contribution in [2.45, 2.75) is 56.5 Å². The fourth-order valence-electron chi connectivity index (χ4n) is 5.68. The van der Waals surface area contributed by atoms with Gasteiger partial charge in [0.1, 0.15) is 5.82 Å². The largest absolute Gasteiger partial charge is 0.399 e. The maximum atomic E-state index is 13.4. The Labute approximate surface area is 199 Å². The molecule has 3 aliphatic rings. The first-order valence-electron chi connectivity index (χ1n) is 12.3. The molecular weight excluding hydrogens is 424 g/mol. The molecule has 0 radical (unpaired) electrons. The molecule has 3 fully saturated rings. The van der Waals surface area contributed by atoms with Gasteiger partial charge in [0.25, 0.3) is 5.91 Å². The van der Waals surface area contributed by atoms with Gasteiger partial charge < -0.3 is 16.0 Å². The van der Waals surface area contributed by atoms with Crippen molar-refractivity contribution in [3.8, 4) is 11.3 Å². The minimum atomic E-state index is 0.146. The third-order valence-corrected chi connectivity index (χ3v) is 7.90. The summed E-state index contributed by atoms with van der Waals surface area (Å²) in [4.78, 5) is 29.1. The molecule has 7 nitrogen and oxygen atoms in total. The third-order valence-electron chi connectivity index (χ3n) is 7.90. The molecule has 3 aromatic rings. The van der Waals surface area contributed by atoms with E-state index < -0.39 is 0 Å². The number of piperazine rings is 1. The molecule has 3 N–H and O–H groups in total. The van der Waals surface area contributed by atoms with E-state index in [1.807, 2.05) is 12.1 Å². The zero-order chi connectivity index (χ0) is 23.3. The van der Waals surface area contributed by atoms with Crippen LogP contribution in [0.3, 0.4) is 0 Å². The summed E-state index contributed by atoms with van der Waals surface area (Å²) < 4.78 is 0. The Balaban J connectivity index is 1.29. The summed E-state index contributed by atoms with van der Waals surface area (Å²) in [6.07, 6.45) is 10.5. The monoisotopic (exact) mass is 454 g/mol. The number of hydrogen-bond donors (Lipinski definition) is 2. The van der Waals surface area contributed by atoms with Gasteiger partial charge in [-0.1, -0.05) is 13.0 Å². The van der Waals surface area contributed by atoms with Crippen molar-refractivity contribution in [2.75, 3.05) is 18.8 Å². The van der Waals surface area contributed by atoms with Gasteiger partial charge in [0.2, 0.25) is 0 Å². The van der Waals surface area contributed by atoms with Gasteiger partial charge in [-0.25, -0.2) is 9.97 Å². The van der Waals surface area contributed by atoms with E-state index in [0.717, 1.165) is 48.6 Å². The summed E-state index contributed by atoms with van der Waals surface area (Å²) in [7, 11) is 0. The first-order chi connectivity index (χ1) is 16.5. The highest BCUT2D eigenvalue weighted by Crippen LogP contribution is 2.52. The summed E-state index contributed by atoms with van der Waals surface area (Å²) in [5.41, 5.74) is 11.7. The van der Waals surface area contributed by atoms with E-state index in [4.69, 9.17) is 5.73 Å². The number of carbonyl (C=O) groups is 1. The molecule has 1 saturated carbocycles. The Morgan fingerprint density at radius 3 is 2.65 bits per heavy atom. The quantitative estimate of drug-likeness (QED) is 0.593. The van der Waals surface area contributed by atoms with Crippen molar-refractivity contribution in [1.82, 2.24) is 25.2 Å². The molecule has 2 aromatic heterocycles. The molecule has 1 amide bonds. The van der Waals surface area contributed by atoms with Crippen LogP contribution in [0.1, 0.15) is 59.9 Å². The molecule has 2 atom stereocenters. The molecule has 6 rings (SSSR count). The van der Waals surface area contributed by atoms with Gasteiger partial charge in [-0.05, 0) is 66.5 Å². The number of nitrogens with zero attached hydrogens (tertiary/aromatic N) is 4. The number of aromatic nitrogens is 3. The Morgan fingerprint density at radius 1 is 1.18 bits per heavy atom. The summed E-state index contributed by atoms with van der Waals surface area (Å²) in [5.74, 6) is 0.891. The minimum Gasteiger partial charge on any atom is -0.399 e. The van der Waals surface area contributed by atoms with Crippen LogP contribution in [0.15, 0.2) is 48.9 Å². The first kappa shape index (κ1) is 21.2. The maximum Gasteiger partial charge on any atom is 0.254 e. The second kappa shape index (κ2) is 8.17. The standard InChI is InChI=1S/C27H30N6O/c1-2-27(6-7-27)23-4-3-17(26(34)33-16-21-12-22(33)15-30-21)9-18(23)10-25-31-13-19(14-32-25)24-11-20(28)5-8-29-24/h3-5,8-9,11,13-14,21-22,30H,2,6-7,10,12,15-16H2,1H3,(H2,28,29)/t21-,22?/m0/s1. The lowest BCUT2D eigenvalue weighted by Crippen LogP contribution is -2.46. The second-order valence-corrected chi connectivity index (χ2v) is 10.00. The summed E-state index contributed by atoms with van der Waals surface area (Å²) >= 11 is 0. The number of rotatable bonds is 6. The highest BCUT2D eigenvalue weighted by Gasteiger charge is 2.44. The van der Waals surface area contributed by atoms with Gasteiger partial charge in [0.05, 0.1) is 5.69 Å². The van der Waals surface area contributed by atoms with Crippen LogP contribution in [0, 0.1) is 0 Å². The average molecular weight is 455 g/mol. The van der Waals surface area contributed by atoms with Crippen molar-refractivity contribution in [3.63, 3.8) is 0 Å². The van der Waals surface area contributed by atoms with Crippen molar-refractivity contribution < 1.29 is 4.79 Å². The fourth-order valence-corrected chi connectivity index (χ4v) is 5.68. The number of pyridine rings is 1. The van der Waals surface area contributed by atoms with E-state index in [1.54, 1.807) is 24.7 Å². The van der Waals surface area contributed by atoms with Crippen LogP contribution in [0.5, 0.6) is 0 Å². The third kappa shape index (κ3) is 3.74. The van der Waals surface area contributed by atoms with E-state index >= 15 is 0 Å². The molecule has 174 valence electrons. The summed E-state index contributed by atoms with van der Waals surface area (Å²) in [5, 5.41) is 3.48. The zero-order valence-electron chi connectivity index (χ0n) is 19.5. The van der Waals surface area contributed by atoms with E-state index in [9.17, 15) is 4.79 Å². The molecule has 0 spiro atoms. The van der Waals surface area contributed by atoms with Crippen LogP contribution in [-0.4, -0.2) is 50.9 Å². The Kier molecular flexibility index (Phi) is 5.10. The number of hydrogen-bond acceptors (Lipinski definition) is 6. The molecular formula is C27H30N6O. The van der Waals surface area contributed by atoms with E-state index in [0.29, 0.717) is 24.2 Å². The molecule has 7 heteroatoms. The van der Waals surface area contributed by atoms with Crippen LogP contribution in [0.25, 0.3) is 11.3 Å². The van der Waals surface area contributed by atoms with Crippen LogP contribution in [-0.2, 0) is 11.8 Å². The lowest BCUT2D eigenvalue weighted by Gasteiger charge is -2.28. The van der Waals surface area contributed by atoms with Crippen LogP contribution in [0.4, 0.5) is 5.69 Å². The number of likely N-dealkylation sites (tertiary alicyclic amines) is 1. The minimum absolute atomic E-state index is 0.146. The number of fused-ring (bicyclic) bond motifs is 2. The van der Waals surface area contributed by atoms with E-state index in [1.165, 1.54) is 24.0 Å². The molecule has 1 unspecified atom stereocenters. The Morgan fingerprint density at radius 2 is 2.00 bits per heavy atom. The van der Waals surface area contributed by atoms with Crippen LogP contribution >= 0.6 is 0 Å². The molecule has 2 aliphatic heterocycles. The number of nitrogens with one attached hydrogen (secondary N) is 1. The lowest BCUT2D eigenvalue weighted by atomic mass is 9.86. The molecule has 4 heterocycles. The topological polar surface area (TPSA) is 97.0 Å².